The zero-order valence-electron chi connectivity index (χ0n) is 13.5. The van der Waals surface area contributed by atoms with Gasteiger partial charge in [0.2, 0.25) is 5.88 Å². The van der Waals surface area contributed by atoms with E-state index in [0.717, 1.165) is 23.5 Å². The molecule has 0 saturated carbocycles. The van der Waals surface area contributed by atoms with Crippen LogP contribution in [0.2, 0.25) is 5.02 Å². The van der Waals surface area contributed by atoms with Crippen LogP contribution in [0.1, 0.15) is 33.0 Å². The van der Waals surface area contributed by atoms with Crippen LogP contribution in [-0.2, 0) is 0 Å². The molecule has 0 spiro atoms. The van der Waals surface area contributed by atoms with Gasteiger partial charge in [0.25, 0.3) is 0 Å². The molecule has 0 aliphatic carbocycles. The monoisotopic (exact) mass is 319 g/mol. The van der Waals surface area contributed by atoms with Crippen molar-refractivity contribution < 1.29 is 4.74 Å². The highest BCUT2D eigenvalue weighted by molar-refractivity contribution is 6.32. The summed E-state index contributed by atoms with van der Waals surface area (Å²) in [6, 6.07) is 3.67. The molecule has 118 valence electrons. The predicted octanol–water partition coefficient (Wildman–Crippen LogP) is 4.56. The predicted molar refractivity (Wildman–Crippen MR) is 89.1 cm³/mol. The third-order valence-electron chi connectivity index (χ3n) is 3.26. The first-order chi connectivity index (χ1) is 10.5. The van der Waals surface area contributed by atoms with E-state index in [1.807, 2.05) is 19.1 Å². The SMILES string of the molecule is Cc1nccc(-c2cnc(OC[C@H](C)CC(C)C)c(Cl)c2)n1. The van der Waals surface area contributed by atoms with E-state index < -0.39 is 0 Å². The molecule has 2 heterocycles. The Balaban J connectivity index is 2.07. The van der Waals surface area contributed by atoms with Crippen molar-refractivity contribution in [2.45, 2.75) is 34.1 Å². The number of aromatic nitrogens is 3. The Morgan fingerprint density at radius 3 is 2.64 bits per heavy atom. The first kappa shape index (κ1) is 16.7. The van der Waals surface area contributed by atoms with Gasteiger partial charge < -0.3 is 4.74 Å². The standard InChI is InChI=1S/C17H22ClN3O/c1-11(2)7-12(3)10-22-17-15(18)8-14(9-20-17)16-5-6-19-13(4)21-16/h5-6,8-9,11-12H,7,10H2,1-4H3/t12-/m1/s1. The lowest BCUT2D eigenvalue weighted by molar-refractivity contribution is 0.231. The van der Waals surface area contributed by atoms with Gasteiger partial charge in [-0.15, -0.1) is 0 Å². The zero-order chi connectivity index (χ0) is 16.1. The molecule has 4 nitrogen and oxygen atoms in total. The van der Waals surface area contributed by atoms with E-state index in [1.54, 1.807) is 12.4 Å². The molecule has 1 atom stereocenters. The Labute approximate surface area is 136 Å². The molecule has 2 aromatic rings. The van der Waals surface area contributed by atoms with Crippen LogP contribution < -0.4 is 4.74 Å². The number of hydrogen-bond donors (Lipinski definition) is 0. The smallest absolute Gasteiger partial charge is 0.232 e. The Kier molecular flexibility index (Phi) is 5.72. The fourth-order valence-corrected chi connectivity index (χ4v) is 2.60. The van der Waals surface area contributed by atoms with Crippen LogP contribution in [-0.4, -0.2) is 21.6 Å². The van der Waals surface area contributed by atoms with E-state index in [4.69, 9.17) is 16.3 Å². The fraction of sp³-hybridized carbons (Fsp3) is 0.471. The number of hydrogen-bond acceptors (Lipinski definition) is 4. The highest BCUT2D eigenvalue weighted by Crippen LogP contribution is 2.27. The summed E-state index contributed by atoms with van der Waals surface area (Å²) in [5, 5.41) is 0.505. The summed E-state index contributed by atoms with van der Waals surface area (Å²) < 4.78 is 5.74. The maximum Gasteiger partial charge on any atom is 0.232 e. The molecule has 0 aliphatic heterocycles. The number of pyridine rings is 1. The van der Waals surface area contributed by atoms with Crippen LogP contribution in [0.5, 0.6) is 5.88 Å². The molecular formula is C17H22ClN3O. The summed E-state index contributed by atoms with van der Waals surface area (Å²) in [6.45, 7) is 9.06. The van der Waals surface area contributed by atoms with Gasteiger partial charge in [0, 0.05) is 18.0 Å². The largest absolute Gasteiger partial charge is 0.476 e. The lowest BCUT2D eigenvalue weighted by atomic mass is 10.00. The molecule has 22 heavy (non-hydrogen) atoms. The Hall–Kier alpha value is -1.68. The molecule has 0 saturated heterocycles. The molecule has 0 amide bonds. The van der Waals surface area contributed by atoms with Gasteiger partial charge in [-0.05, 0) is 37.3 Å². The third-order valence-corrected chi connectivity index (χ3v) is 3.53. The van der Waals surface area contributed by atoms with Crippen molar-refractivity contribution in [1.29, 1.82) is 0 Å². The molecule has 2 rings (SSSR count). The van der Waals surface area contributed by atoms with Crippen LogP contribution in [0.3, 0.4) is 0 Å². The molecule has 2 aromatic heterocycles. The van der Waals surface area contributed by atoms with E-state index in [2.05, 4.69) is 35.7 Å². The van der Waals surface area contributed by atoms with Gasteiger partial charge in [-0.1, -0.05) is 32.4 Å². The number of aryl methyl sites for hydroxylation is 1. The number of rotatable bonds is 6. The minimum atomic E-state index is 0.474. The first-order valence-corrected chi connectivity index (χ1v) is 7.92. The molecule has 0 aliphatic rings. The second kappa shape index (κ2) is 7.54. The summed E-state index contributed by atoms with van der Waals surface area (Å²) in [5.74, 6) is 2.33. The molecule has 0 fully saturated rings. The van der Waals surface area contributed by atoms with Gasteiger partial charge in [-0.25, -0.2) is 15.0 Å². The zero-order valence-corrected chi connectivity index (χ0v) is 14.3. The number of ether oxygens (including phenoxy) is 1. The average molecular weight is 320 g/mol. The van der Waals surface area contributed by atoms with Crippen molar-refractivity contribution >= 4 is 11.6 Å². The molecule has 0 aromatic carbocycles. The summed E-state index contributed by atoms with van der Waals surface area (Å²) in [4.78, 5) is 12.8. The first-order valence-electron chi connectivity index (χ1n) is 7.54. The van der Waals surface area contributed by atoms with Crippen LogP contribution in [0.15, 0.2) is 24.5 Å². The minimum absolute atomic E-state index is 0.474. The van der Waals surface area contributed by atoms with Crippen molar-refractivity contribution in [3.05, 3.63) is 35.4 Å². The maximum atomic E-state index is 6.28. The lowest BCUT2D eigenvalue weighted by Crippen LogP contribution is -2.11. The van der Waals surface area contributed by atoms with Crippen molar-refractivity contribution in [3.8, 4) is 17.1 Å². The summed E-state index contributed by atoms with van der Waals surface area (Å²) in [6.07, 6.45) is 4.58. The van der Waals surface area contributed by atoms with Crippen LogP contribution in [0, 0.1) is 18.8 Å². The maximum absolute atomic E-state index is 6.28. The normalized spacial score (nSPS) is 12.5. The van der Waals surface area contributed by atoms with E-state index >= 15 is 0 Å². The van der Waals surface area contributed by atoms with Crippen LogP contribution >= 0.6 is 11.6 Å². The highest BCUT2D eigenvalue weighted by atomic mass is 35.5. The summed E-state index contributed by atoms with van der Waals surface area (Å²) >= 11 is 6.28. The molecule has 0 unspecified atom stereocenters. The Morgan fingerprint density at radius 2 is 2.00 bits per heavy atom. The van der Waals surface area contributed by atoms with Gasteiger partial charge in [0.15, 0.2) is 0 Å². The molecule has 5 heteroatoms. The second-order valence-corrected chi connectivity index (χ2v) is 6.45. The van der Waals surface area contributed by atoms with E-state index in [9.17, 15) is 0 Å². The van der Waals surface area contributed by atoms with E-state index in [-0.39, 0.29) is 0 Å². The lowest BCUT2D eigenvalue weighted by Gasteiger charge is -2.15. The fourth-order valence-electron chi connectivity index (χ4n) is 2.38. The number of nitrogens with zero attached hydrogens (tertiary/aromatic N) is 3. The molecular weight excluding hydrogens is 298 g/mol. The molecule has 0 N–H and O–H groups in total. The molecule has 0 bridgehead atoms. The van der Waals surface area contributed by atoms with Gasteiger partial charge >= 0.3 is 0 Å². The minimum Gasteiger partial charge on any atom is -0.476 e. The average Bonchev–Trinajstić information content (AvgIpc) is 2.45. The van der Waals surface area contributed by atoms with E-state index in [0.29, 0.717) is 29.3 Å². The van der Waals surface area contributed by atoms with Crippen LogP contribution in [0.4, 0.5) is 0 Å². The van der Waals surface area contributed by atoms with Crippen molar-refractivity contribution in [3.63, 3.8) is 0 Å². The Bertz CT molecular complexity index is 631. The quantitative estimate of drug-likeness (QED) is 0.783. The second-order valence-electron chi connectivity index (χ2n) is 6.05. The van der Waals surface area contributed by atoms with Gasteiger partial charge in [-0.3, -0.25) is 0 Å². The third kappa shape index (κ3) is 4.67. The Morgan fingerprint density at radius 1 is 1.23 bits per heavy atom. The van der Waals surface area contributed by atoms with Crippen LogP contribution in [0.25, 0.3) is 11.3 Å². The highest BCUT2D eigenvalue weighted by Gasteiger charge is 2.11. The summed E-state index contributed by atoms with van der Waals surface area (Å²) in [7, 11) is 0. The van der Waals surface area contributed by atoms with Crippen molar-refractivity contribution in [2.75, 3.05) is 6.61 Å². The van der Waals surface area contributed by atoms with Crippen molar-refractivity contribution in [1.82, 2.24) is 15.0 Å². The van der Waals surface area contributed by atoms with Crippen molar-refractivity contribution in [2.24, 2.45) is 11.8 Å². The van der Waals surface area contributed by atoms with Gasteiger partial charge in [0.1, 0.15) is 10.8 Å². The van der Waals surface area contributed by atoms with Gasteiger partial charge in [-0.2, -0.15) is 0 Å². The number of halogens is 1. The van der Waals surface area contributed by atoms with Gasteiger partial charge in [0.05, 0.1) is 12.3 Å². The topological polar surface area (TPSA) is 47.9 Å². The molecule has 0 radical (unpaired) electrons. The summed E-state index contributed by atoms with van der Waals surface area (Å²) in [5.41, 5.74) is 1.67. The van der Waals surface area contributed by atoms with E-state index in [1.165, 1.54) is 0 Å².